The van der Waals surface area contributed by atoms with Gasteiger partial charge in [0.2, 0.25) is 10.0 Å². The monoisotopic (exact) mass is 588 g/mol. The van der Waals surface area contributed by atoms with Gasteiger partial charge in [0.1, 0.15) is 0 Å². The summed E-state index contributed by atoms with van der Waals surface area (Å²) < 4.78 is 34.6. The molecule has 0 unspecified atom stereocenters. The number of non-ortho nitro benzene ring substituents is 2. The Morgan fingerprint density at radius 2 is 1.21 bits per heavy atom. The number of benzene rings is 4. The molecule has 0 aromatic heterocycles. The Balaban J connectivity index is 1.89. The highest BCUT2D eigenvalue weighted by Crippen LogP contribution is 2.28. The number of carbonyl (C=O) groups excluding carboxylic acids is 1. The van der Waals surface area contributed by atoms with Crippen LogP contribution in [-0.2, 0) is 19.6 Å². The van der Waals surface area contributed by atoms with Crippen LogP contribution < -0.4 is 4.72 Å². The molecule has 4 rings (SSSR count). The molecule has 214 valence electrons. The van der Waals surface area contributed by atoms with E-state index in [1.165, 1.54) is 24.3 Å². The van der Waals surface area contributed by atoms with Crippen LogP contribution in [0.2, 0.25) is 0 Å². The molecule has 0 amide bonds. The fourth-order valence-electron chi connectivity index (χ4n) is 4.13. The molecular formula is C29H24N4O8S. The van der Waals surface area contributed by atoms with Crippen LogP contribution in [0.3, 0.4) is 0 Å². The molecule has 0 aliphatic rings. The minimum absolute atomic E-state index is 0.186. The molecular weight excluding hydrogens is 564 g/mol. The summed E-state index contributed by atoms with van der Waals surface area (Å²) in [5.74, 6) is -0.880. The van der Waals surface area contributed by atoms with E-state index in [0.717, 1.165) is 31.4 Å². The van der Waals surface area contributed by atoms with Gasteiger partial charge in [-0.15, -0.1) is 0 Å². The topological polar surface area (TPSA) is 171 Å². The molecule has 4 aromatic rings. The fourth-order valence-corrected chi connectivity index (χ4v) is 5.36. The van der Waals surface area contributed by atoms with Gasteiger partial charge in [0.25, 0.3) is 11.4 Å². The fraction of sp³-hybridized carbons (Fsp3) is 0.103. The maximum absolute atomic E-state index is 13.5. The molecule has 0 heterocycles. The molecule has 1 N–H and O–H groups in total. The Hall–Kier alpha value is -5.27. The first-order chi connectivity index (χ1) is 20.1. The summed E-state index contributed by atoms with van der Waals surface area (Å²) in [5.41, 5.74) is 1.27. The largest absolute Gasteiger partial charge is 0.467 e. The third-order valence-corrected chi connectivity index (χ3v) is 7.68. The van der Waals surface area contributed by atoms with E-state index in [4.69, 9.17) is 9.73 Å². The SMILES string of the molecule is COC(=O)[C@@H](N=C(c1ccccc1)c1ccccc1)[C@H](NS(=O)(=O)c1ccc([N+](=O)[O-])cc1)c1ccc([N+](=O)[O-])cc1. The molecule has 0 aliphatic carbocycles. The van der Waals surface area contributed by atoms with Crippen molar-refractivity contribution in [2.45, 2.75) is 17.0 Å². The maximum Gasteiger partial charge on any atom is 0.332 e. The summed E-state index contributed by atoms with van der Waals surface area (Å²) in [7, 11) is -3.28. The first-order valence-corrected chi connectivity index (χ1v) is 13.9. The molecule has 0 bridgehead atoms. The van der Waals surface area contributed by atoms with Crippen LogP contribution in [0.15, 0.2) is 119 Å². The zero-order chi connectivity index (χ0) is 30.3. The van der Waals surface area contributed by atoms with Gasteiger partial charge in [0.05, 0.1) is 33.6 Å². The van der Waals surface area contributed by atoms with Gasteiger partial charge in [-0.2, -0.15) is 0 Å². The molecule has 4 aromatic carbocycles. The quantitative estimate of drug-likeness (QED) is 0.115. The van der Waals surface area contributed by atoms with E-state index in [0.29, 0.717) is 16.8 Å². The number of ether oxygens (including phenoxy) is 1. The van der Waals surface area contributed by atoms with E-state index >= 15 is 0 Å². The van der Waals surface area contributed by atoms with Crippen molar-refractivity contribution in [2.24, 2.45) is 4.99 Å². The number of esters is 1. The molecule has 12 nitrogen and oxygen atoms in total. The van der Waals surface area contributed by atoms with Crippen LogP contribution in [0, 0.1) is 20.2 Å². The zero-order valence-corrected chi connectivity index (χ0v) is 22.9. The minimum atomic E-state index is -4.41. The highest BCUT2D eigenvalue weighted by atomic mass is 32.2. The number of sulfonamides is 1. The number of aliphatic imine (C=N–C) groups is 1. The van der Waals surface area contributed by atoms with Gasteiger partial charge in [0.15, 0.2) is 6.04 Å². The van der Waals surface area contributed by atoms with Crippen LogP contribution >= 0.6 is 0 Å². The molecule has 0 fully saturated rings. The Morgan fingerprint density at radius 3 is 1.64 bits per heavy atom. The van der Waals surface area contributed by atoms with Crippen molar-refractivity contribution in [1.29, 1.82) is 0 Å². The van der Waals surface area contributed by atoms with Gasteiger partial charge in [-0.1, -0.05) is 72.8 Å². The molecule has 13 heteroatoms. The second-order valence-corrected chi connectivity index (χ2v) is 10.6. The summed E-state index contributed by atoms with van der Waals surface area (Å²) in [4.78, 5) is 38.8. The smallest absolute Gasteiger partial charge is 0.332 e. The van der Waals surface area contributed by atoms with Gasteiger partial charge >= 0.3 is 5.97 Å². The van der Waals surface area contributed by atoms with Crippen LogP contribution in [0.25, 0.3) is 0 Å². The predicted octanol–water partition coefficient (Wildman–Crippen LogP) is 4.60. The van der Waals surface area contributed by atoms with Gasteiger partial charge in [0, 0.05) is 35.4 Å². The van der Waals surface area contributed by atoms with E-state index in [-0.39, 0.29) is 21.8 Å². The second-order valence-electron chi connectivity index (χ2n) is 8.88. The Kier molecular flexibility index (Phi) is 9.15. The predicted molar refractivity (Wildman–Crippen MR) is 154 cm³/mol. The summed E-state index contributed by atoms with van der Waals surface area (Å²) in [6.45, 7) is 0. The Bertz CT molecular complexity index is 1670. The number of nitro groups is 2. The van der Waals surface area contributed by atoms with Crippen LogP contribution in [0.5, 0.6) is 0 Å². The summed E-state index contributed by atoms with van der Waals surface area (Å²) in [6.07, 6.45) is 0. The van der Waals surface area contributed by atoms with Gasteiger partial charge < -0.3 is 4.74 Å². The molecule has 0 spiro atoms. The van der Waals surface area contributed by atoms with Crippen molar-refractivity contribution in [3.8, 4) is 0 Å². The lowest BCUT2D eigenvalue weighted by molar-refractivity contribution is -0.385. The number of hydrogen-bond donors (Lipinski definition) is 1. The maximum atomic E-state index is 13.5. The molecule has 0 radical (unpaired) electrons. The number of rotatable bonds is 11. The van der Waals surface area contributed by atoms with E-state index in [1.54, 1.807) is 48.5 Å². The highest BCUT2D eigenvalue weighted by molar-refractivity contribution is 7.89. The first-order valence-electron chi connectivity index (χ1n) is 12.4. The second kappa shape index (κ2) is 12.9. The van der Waals surface area contributed by atoms with E-state index in [9.17, 15) is 33.4 Å². The number of methoxy groups -OCH3 is 1. The van der Waals surface area contributed by atoms with Crippen LogP contribution in [0.1, 0.15) is 22.7 Å². The minimum Gasteiger partial charge on any atom is -0.467 e. The van der Waals surface area contributed by atoms with Crippen LogP contribution in [-0.4, -0.2) is 43.1 Å². The highest BCUT2D eigenvalue weighted by Gasteiger charge is 2.35. The lowest BCUT2D eigenvalue weighted by atomic mass is 9.98. The van der Waals surface area contributed by atoms with E-state index < -0.39 is 37.9 Å². The summed E-state index contributed by atoms with van der Waals surface area (Å²) in [5, 5.41) is 22.3. The molecule has 0 saturated carbocycles. The molecule has 2 atom stereocenters. The van der Waals surface area contributed by atoms with Crippen molar-refractivity contribution >= 4 is 33.1 Å². The number of nitrogens with one attached hydrogen (secondary N) is 1. The molecule has 42 heavy (non-hydrogen) atoms. The summed E-state index contributed by atoms with van der Waals surface area (Å²) in [6, 6.07) is 24.1. The first kappa shape index (κ1) is 29.7. The van der Waals surface area contributed by atoms with E-state index in [1.807, 2.05) is 12.1 Å². The average molecular weight is 589 g/mol. The number of hydrogen-bond acceptors (Lipinski definition) is 9. The zero-order valence-electron chi connectivity index (χ0n) is 22.1. The Morgan fingerprint density at radius 1 is 0.762 bits per heavy atom. The standard InChI is InChI=1S/C29H24N4O8S/c1-41-29(34)28(30-26(20-8-4-2-5-9-20)21-10-6-3-7-11-21)27(22-12-14-23(15-13-22)32(35)36)31-42(39,40)25-18-16-24(17-19-25)33(37)38/h2-19,27-28,31H,1H3/t27-,28+/m1/s1. The van der Waals surface area contributed by atoms with Gasteiger partial charge in [-0.3, -0.25) is 25.2 Å². The van der Waals surface area contributed by atoms with Crippen molar-refractivity contribution in [1.82, 2.24) is 4.72 Å². The third-order valence-electron chi connectivity index (χ3n) is 6.22. The van der Waals surface area contributed by atoms with Gasteiger partial charge in [-0.05, 0) is 17.7 Å². The molecule has 0 saturated heterocycles. The van der Waals surface area contributed by atoms with Crippen molar-refractivity contribution in [3.63, 3.8) is 0 Å². The number of carbonyl (C=O) groups is 1. The summed E-state index contributed by atoms with van der Waals surface area (Å²) >= 11 is 0. The van der Waals surface area contributed by atoms with Crippen molar-refractivity contribution in [3.05, 3.63) is 146 Å². The average Bonchev–Trinajstić information content (AvgIpc) is 3.01. The number of nitro benzene ring substituents is 2. The number of nitrogens with zero attached hydrogens (tertiary/aromatic N) is 3. The molecule has 0 aliphatic heterocycles. The van der Waals surface area contributed by atoms with Gasteiger partial charge in [-0.25, -0.2) is 17.9 Å². The lowest BCUT2D eigenvalue weighted by Crippen LogP contribution is -2.40. The van der Waals surface area contributed by atoms with Crippen molar-refractivity contribution < 1.29 is 27.8 Å². The van der Waals surface area contributed by atoms with Crippen molar-refractivity contribution in [2.75, 3.05) is 7.11 Å². The van der Waals surface area contributed by atoms with Crippen LogP contribution in [0.4, 0.5) is 11.4 Å². The normalized spacial score (nSPS) is 12.5. The lowest BCUT2D eigenvalue weighted by Gasteiger charge is -2.25. The van der Waals surface area contributed by atoms with E-state index in [2.05, 4.69) is 4.72 Å². The Labute approximate surface area is 240 Å². The third kappa shape index (κ3) is 6.89.